The second-order valence-electron chi connectivity index (χ2n) is 8.75. The van der Waals surface area contributed by atoms with Crippen molar-refractivity contribution in [2.45, 2.75) is 44.3 Å². The van der Waals surface area contributed by atoms with Crippen LogP contribution >= 0.6 is 11.3 Å². The summed E-state index contributed by atoms with van der Waals surface area (Å²) in [5.74, 6) is 2.18. The second kappa shape index (κ2) is 7.10. The number of primary amides is 1. The molecule has 0 spiro atoms. The molecule has 2 aromatic heterocycles. The van der Waals surface area contributed by atoms with E-state index in [9.17, 15) is 4.79 Å². The van der Waals surface area contributed by atoms with Crippen LogP contribution in [0.1, 0.15) is 42.0 Å². The van der Waals surface area contributed by atoms with E-state index in [0.29, 0.717) is 23.7 Å². The number of furan rings is 1. The van der Waals surface area contributed by atoms with E-state index in [1.165, 1.54) is 4.88 Å². The Kier molecular flexibility index (Phi) is 4.33. The number of thiazole rings is 1. The van der Waals surface area contributed by atoms with E-state index in [1.807, 2.05) is 18.2 Å². The van der Waals surface area contributed by atoms with Gasteiger partial charge < -0.3 is 19.8 Å². The van der Waals surface area contributed by atoms with Gasteiger partial charge in [0.15, 0.2) is 0 Å². The molecule has 1 aromatic carbocycles. The number of rotatable bonds is 4. The fraction of sp³-hybridized carbons (Fsp3) is 0.391. The molecule has 3 unspecified atom stereocenters. The van der Waals surface area contributed by atoms with Crippen LogP contribution in [0.4, 0.5) is 4.79 Å². The smallest absolute Gasteiger partial charge is 0.315 e. The van der Waals surface area contributed by atoms with Crippen molar-refractivity contribution in [2.75, 3.05) is 13.1 Å². The highest BCUT2D eigenvalue weighted by molar-refractivity contribution is 7.13. The third-order valence-corrected chi connectivity index (χ3v) is 7.80. The lowest BCUT2D eigenvalue weighted by atomic mass is 10.00. The Morgan fingerprint density at radius 3 is 3.00 bits per heavy atom. The normalized spacial score (nSPS) is 24.8. The van der Waals surface area contributed by atoms with Crippen LogP contribution in [0.2, 0.25) is 0 Å². The number of hydrogen-bond acceptors (Lipinski definition) is 6. The number of urea groups is 1. The summed E-state index contributed by atoms with van der Waals surface area (Å²) in [6, 6.07) is 8.25. The van der Waals surface area contributed by atoms with Crippen LogP contribution < -0.4 is 10.5 Å². The molecular weight excluding hydrogens is 412 g/mol. The van der Waals surface area contributed by atoms with Crippen molar-refractivity contribution in [3.63, 3.8) is 0 Å². The number of amides is 2. The molecule has 2 amide bonds. The van der Waals surface area contributed by atoms with E-state index in [-0.39, 0.29) is 12.1 Å². The molecule has 2 fully saturated rings. The van der Waals surface area contributed by atoms with Gasteiger partial charge in [0.05, 0.1) is 12.2 Å². The standard InChI is InChI=1S/C23H24N4O3S/c1-13-3-2-4-19-21(13)31-23(25-19)30-17-5-6-20-14(7-17)8-18(29-20)12-26-10-16-9-15(26)11-27(16)22(24)28/h2,4-8,13,15-16H,3,9-12H2,1H3,(H2,24,28). The average Bonchev–Trinajstić information content (AvgIpc) is 3.49. The van der Waals surface area contributed by atoms with E-state index < -0.39 is 0 Å². The minimum absolute atomic E-state index is 0.230. The number of nitrogens with zero attached hydrogens (tertiary/aromatic N) is 3. The fourth-order valence-electron chi connectivity index (χ4n) is 5.06. The monoisotopic (exact) mass is 436 g/mol. The van der Waals surface area contributed by atoms with Crippen LogP contribution in [0, 0.1) is 0 Å². The number of ether oxygens (including phenoxy) is 1. The predicted molar refractivity (Wildman–Crippen MR) is 119 cm³/mol. The van der Waals surface area contributed by atoms with E-state index in [0.717, 1.165) is 54.1 Å². The Morgan fingerprint density at radius 1 is 1.32 bits per heavy atom. The van der Waals surface area contributed by atoms with E-state index >= 15 is 0 Å². The van der Waals surface area contributed by atoms with Gasteiger partial charge >= 0.3 is 6.03 Å². The minimum atomic E-state index is -0.310. The molecule has 0 saturated carbocycles. The second-order valence-corrected chi connectivity index (χ2v) is 9.74. The van der Waals surface area contributed by atoms with Crippen molar-refractivity contribution in [3.8, 4) is 10.9 Å². The van der Waals surface area contributed by atoms with Gasteiger partial charge in [-0.2, -0.15) is 0 Å². The molecule has 2 N–H and O–H groups in total. The number of carbonyl (C=O) groups excluding carboxylic acids is 1. The van der Waals surface area contributed by atoms with Crippen LogP contribution in [-0.4, -0.2) is 46.0 Å². The first-order valence-corrected chi connectivity index (χ1v) is 11.5. The highest BCUT2D eigenvalue weighted by atomic mass is 32.1. The summed E-state index contributed by atoms with van der Waals surface area (Å²) in [7, 11) is 0. The Hall–Kier alpha value is -2.84. The minimum Gasteiger partial charge on any atom is -0.460 e. The van der Waals surface area contributed by atoms with Crippen LogP contribution in [0.25, 0.3) is 17.0 Å². The molecule has 160 valence electrons. The number of fused-ring (bicyclic) bond motifs is 4. The molecule has 3 atom stereocenters. The van der Waals surface area contributed by atoms with Crippen molar-refractivity contribution >= 4 is 34.4 Å². The third kappa shape index (κ3) is 3.30. The maximum Gasteiger partial charge on any atom is 0.315 e. The SMILES string of the molecule is CC1CC=Cc2nc(Oc3ccc4oc(CN5CC6CC5CN6C(N)=O)cc4c3)sc21. The maximum absolute atomic E-state index is 11.5. The maximum atomic E-state index is 11.5. The van der Waals surface area contributed by atoms with Crippen LogP contribution in [0.15, 0.2) is 34.8 Å². The van der Waals surface area contributed by atoms with Crippen molar-refractivity contribution in [1.82, 2.24) is 14.8 Å². The van der Waals surface area contributed by atoms with Gasteiger partial charge in [-0.1, -0.05) is 24.3 Å². The topological polar surface area (TPSA) is 84.8 Å². The highest BCUT2D eigenvalue weighted by Gasteiger charge is 2.44. The summed E-state index contributed by atoms with van der Waals surface area (Å²) in [5, 5.41) is 1.70. The molecule has 31 heavy (non-hydrogen) atoms. The molecule has 2 aliphatic heterocycles. The van der Waals surface area contributed by atoms with Crippen molar-refractivity contribution in [2.24, 2.45) is 5.73 Å². The molecule has 3 aliphatic rings. The number of piperazine rings is 1. The molecule has 0 radical (unpaired) electrons. The Balaban J connectivity index is 1.17. The first kappa shape index (κ1) is 18.9. The number of hydrogen-bond donors (Lipinski definition) is 1. The molecule has 8 heteroatoms. The lowest BCUT2D eigenvalue weighted by molar-refractivity contribution is 0.132. The average molecular weight is 437 g/mol. The van der Waals surface area contributed by atoms with Gasteiger partial charge in [-0.15, -0.1) is 0 Å². The lowest BCUT2D eigenvalue weighted by Gasteiger charge is -2.32. The van der Waals surface area contributed by atoms with E-state index in [4.69, 9.17) is 14.9 Å². The number of allylic oxidation sites excluding steroid dienone is 1. The van der Waals surface area contributed by atoms with Gasteiger partial charge in [0.2, 0.25) is 0 Å². The Labute approximate surface area is 184 Å². The van der Waals surface area contributed by atoms with Gasteiger partial charge in [0, 0.05) is 35.4 Å². The van der Waals surface area contributed by atoms with Crippen molar-refractivity contribution in [1.29, 1.82) is 0 Å². The van der Waals surface area contributed by atoms with Crippen molar-refractivity contribution < 1.29 is 13.9 Å². The number of carbonyl (C=O) groups is 1. The zero-order valence-corrected chi connectivity index (χ0v) is 18.1. The molecule has 2 bridgehead atoms. The Morgan fingerprint density at radius 2 is 2.23 bits per heavy atom. The number of likely N-dealkylation sites (tertiary alicyclic amines) is 2. The summed E-state index contributed by atoms with van der Waals surface area (Å²) in [5.41, 5.74) is 7.34. The van der Waals surface area contributed by atoms with Gasteiger partial charge in [0.1, 0.15) is 17.1 Å². The molecule has 6 rings (SSSR count). The summed E-state index contributed by atoms with van der Waals surface area (Å²) in [6.07, 6.45) is 6.30. The molecular formula is C23H24N4O3S. The largest absolute Gasteiger partial charge is 0.460 e. The summed E-state index contributed by atoms with van der Waals surface area (Å²) in [4.78, 5) is 21.6. The van der Waals surface area contributed by atoms with Gasteiger partial charge in [-0.3, -0.25) is 4.90 Å². The number of benzene rings is 1. The number of nitrogens with two attached hydrogens (primary N) is 1. The Bertz CT molecular complexity index is 1200. The quantitative estimate of drug-likeness (QED) is 0.649. The molecule has 2 saturated heterocycles. The fourth-order valence-corrected chi connectivity index (χ4v) is 6.05. The van der Waals surface area contributed by atoms with Gasteiger partial charge in [-0.05, 0) is 49.1 Å². The zero-order valence-electron chi connectivity index (χ0n) is 17.3. The lowest BCUT2D eigenvalue weighted by Crippen LogP contribution is -2.50. The van der Waals surface area contributed by atoms with Crippen LogP contribution in [0.3, 0.4) is 0 Å². The van der Waals surface area contributed by atoms with Gasteiger partial charge in [-0.25, -0.2) is 9.78 Å². The van der Waals surface area contributed by atoms with E-state index in [2.05, 4.69) is 35.0 Å². The highest BCUT2D eigenvalue weighted by Crippen LogP contribution is 2.39. The van der Waals surface area contributed by atoms with Crippen LogP contribution in [0.5, 0.6) is 10.9 Å². The van der Waals surface area contributed by atoms with Gasteiger partial charge in [0.25, 0.3) is 5.19 Å². The first-order chi connectivity index (χ1) is 15.0. The first-order valence-electron chi connectivity index (χ1n) is 10.7. The zero-order chi connectivity index (χ0) is 21.1. The molecule has 4 heterocycles. The molecule has 1 aliphatic carbocycles. The third-order valence-electron chi connectivity index (χ3n) is 6.61. The van der Waals surface area contributed by atoms with Crippen LogP contribution in [-0.2, 0) is 6.54 Å². The van der Waals surface area contributed by atoms with E-state index in [1.54, 1.807) is 16.2 Å². The predicted octanol–water partition coefficient (Wildman–Crippen LogP) is 4.54. The molecule has 3 aromatic rings. The summed E-state index contributed by atoms with van der Waals surface area (Å²) in [6.45, 7) is 4.52. The van der Waals surface area contributed by atoms with Crippen molar-refractivity contribution in [3.05, 3.63) is 46.7 Å². The summed E-state index contributed by atoms with van der Waals surface area (Å²) < 4.78 is 12.1. The summed E-state index contributed by atoms with van der Waals surface area (Å²) >= 11 is 1.63. The number of aromatic nitrogens is 1. The molecule has 7 nitrogen and oxygen atoms in total.